The Balaban J connectivity index is 2.56. The molecule has 1 saturated heterocycles. The van der Waals surface area contributed by atoms with Gasteiger partial charge < -0.3 is 19.7 Å². The zero-order valence-electron chi connectivity index (χ0n) is 10.7. The van der Waals surface area contributed by atoms with Gasteiger partial charge in [0.15, 0.2) is 0 Å². The first-order valence-electron chi connectivity index (χ1n) is 5.54. The molecule has 1 N–H and O–H groups in total. The highest BCUT2D eigenvalue weighted by Crippen LogP contribution is 2.15. The molecule has 0 aliphatic carbocycles. The molecular weight excluding hydrogens is 208 g/mol. The lowest BCUT2D eigenvalue weighted by Crippen LogP contribution is -2.46. The minimum atomic E-state index is -0.458. The lowest BCUT2D eigenvalue weighted by atomic mass is 10.2. The summed E-state index contributed by atoms with van der Waals surface area (Å²) in [4.78, 5) is 13.4. The summed E-state index contributed by atoms with van der Waals surface area (Å²) in [5, 5.41) is 3.20. The zero-order chi connectivity index (χ0) is 12.3. The number of hydrogen-bond acceptors (Lipinski definition) is 4. The van der Waals surface area contributed by atoms with Crippen molar-refractivity contribution < 1.29 is 14.3 Å². The molecule has 0 radical (unpaired) electrons. The molecule has 2 atom stereocenters. The van der Waals surface area contributed by atoms with Crippen LogP contribution in [0.25, 0.3) is 0 Å². The summed E-state index contributed by atoms with van der Waals surface area (Å²) in [6.07, 6.45) is -0.263. The van der Waals surface area contributed by atoms with E-state index in [1.165, 1.54) is 0 Å². The molecule has 16 heavy (non-hydrogen) atoms. The Morgan fingerprint density at radius 1 is 1.38 bits per heavy atom. The number of carbonyl (C=O) groups is 1. The van der Waals surface area contributed by atoms with Crippen LogP contribution >= 0.6 is 0 Å². The van der Waals surface area contributed by atoms with E-state index in [0.717, 1.165) is 13.1 Å². The molecule has 94 valence electrons. The fourth-order valence-corrected chi connectivity index (χ4v) is 1.74. The second-order valence-corrected chi connectivity index (χ2v) is 5.09. The molecule has 5 heteroatoms. The Morgan fingerprint density at radius 3 is 2.50 bits per heavy atom. The van der Waals surface area contributed by atoms with E-state index >= 15 is 0 Å². The van der Waals surface area contributed by atoms with Gasteiger partial charge in [-0.3, -0.25) is 0 Å². The molecule has 0 spiro atoms. The van der Waals surface area contributed by atoms with Gasteiger partial charge in [-0.25, -0.2) is 4.79 Å². The molecule has 1 aliphatic heterocycles. The summed E-state index contributed by atoms with van der Waals surface area (Å²) in [6.45, 7) is 7.10. The number of nitrogens with one attached hydrogen (secondary N) is 1. The van der Waals surface area contributed by atoms with Gasteiger partial charge in [0.2, 0.25) is 0 Å². The summed E-state index contributed by atoms with van der Waals surface area (Å²) in [6, 6.07) is 0.0415. The first kappa shape index (κ1) is 13.3. The summed E-state index contributed by atoms with van der Waals surface area (Å²) >= 11 is 0. The second-order valence-electron chi connectivity index (χ2n) is 5.09. The Morgan fingerprint density at radius 2 is 2.00 bits per heavy atom. The molecule has 1 rings (SSSR count). The van der Waals surface area contributed by atoms with Gasteiger partial charge in [0.1, 0.15) is 5.60 Å². The van der Waals surface area contributed by atoms with Gasteiger partial charge in [0, 0.05) is 27.2 Å². The number of nitrogens with zero attached hydrogens (tertiary/aromatic N) is 1. The lowest BCUT2D eigenvalue weighted by Gasteiger charge is -2.30. The number of ether oxygens (including phenoxy) is 2. The average Bonchev–Trinajstić information content (AvgIpc) is 2.61. The number of hydrogen-bond donors (Lipinski definition) is 1. The fraction of sp³-hybridized carbons (Fsp3) is 0.909. The van der Waals surface area contributed by atoms with Crippen molar-refractivity contribution in [1.82, 2.24) is 10.2 Å². The molecule has 5 nitrogen and oxygen atoms in total. The van der Waals surface area contributed by atoms with Crippen molar-refractivity contribution in [3.05, 3.63) is 0 Å². The quantitative estimate of drug-likeness (QED) is 0.763. The van der Waals surface area contributed by atoms with E-state index in [-0.39, 0.29) is 18.2 Å². The first-order chi connectivity index (χ1) is 7.35. The monoisotopic (exact) mass is 230 g/mol. The molecule has 0 aromatic rings. The predicted molar refractivity (Wildman–Crippen MR) is 61.5 cm³/mol. The van der Waals surface area contributed by atoms with Crippen molar-refractivity contribution >= 4 is 6.09 Å². The van der Waals surface area contributed by atoms with Gasteiger partial charge in [0.25, 0.3) is 0 Å². The normalized spacial score (nSPS) is 25.6. The summed E-state index contributed by atoms with van der Waals surface area (Å²) in [7, 11) is 3.41. The number of likely N-dealkylation sites (N-methyl/N-ethyl adjacent to an activating group) is 1. The van der Waals surface area contributed by atoms with E-state index in [0.29, 0.717) is 0 Å². The van der Waals surface area contributed by atoms with E-state index in [1.807, 2.05) is 20.8 Å². The maximum Gasteiger partial charge on any atom is 0.410 e. The van der Waals surface area contributed by atoms with Crippen LogP contribution in [-0.2, 0) is 9.47 Å². The van der Waals surface area contributed by atoms with E-state index in [1.54, 1.807) is 19.1 Å². The molecule has 0 unspecified atom stereocenters. The van der Waals surface area contributed by atoms with Gasteiger partial charge in [0.05, 0.1) is 12.1 Å². The maximum absolute atomic E-state index is 11.8. The largest absolute Gasteiger partial charge is 0.444 e. The lowest BCUT2D eigenvalue weighted by molar-refractivity contribution is 0.00378. The SMILES string of the molecule is CO[C@@H]1CNC[C@H]1N(C)C(=O)OC(C)(C)C. The Bertz CT molecular complexity index is 250. The van der Waals surface area contributed by atoms with Gasteiger partial charge >= 0.3 is 6.09 Å². The first-order valence-corrected chi connectivity index (χ1v) is 5.54. The smallest absolute Gasteiger partial charge is 0.410 e. The molecule has 1 aliphatic rings. The maximum atomic E-state index is 11.8. The van der Waals surface area contributed by atoms with Crippen molar-refractivity contribution in [2.45, 2.75) is 38.5 Å². The highest BCUT2D eigenvalue weighted by atomic mass is 16.6. The number of carbonyl (C=O) groups excluding carboxylic acids is 1. The zero-order valence-corrected chi connectivity index (χ0v) is 10.7. The van der Waals surface area contributed by atoms with Crippen LogP contribution in [0.5, 0.6) is 0 Å². The number of amides is 1. The topological polar surface area (TPSA) is 50.8 Å². The predicted octanol–water partition coefficient (Wildman–Crippen LogP) is 0.840. The van der Waals surface area contributed by atoms with E-state index < -0.39 is 5.60 Å². The molecular formula is C11H22N2O3. The van der Waals surface area contributed by atoms with Gasteiger partial charge in [-0.1, -0.05) is 0 Å². The molecule has 1 amide bonds. The highest BCUT2D eigenvalue weighted by molar-refractivity contribution is 5.68. The van der Waals surface area contributed by atoms with Crippen molar-refractivity contribution in [3.8, 4) is 0 Å². The second kappa shape index (κ2) is 5.01. The van der Waals surface area contributed by atoms with Gasteiger partial charge in [-0.05, 0) is 20.8 Å². The van der Waals surface area contributed by atoms with E-state index in [2.05, 4.69) is 5.32 Å². The molecule has 1 heterocycles. The van der Waals surface area contributed by atoms with E-state index in [9.17, 15) is 4.79 Å². The van der Waals surface area contributed by atoms with E-state index in [4.69, 9.17) is 9.47 Å². The van der Waals surface area contributed by atoms with Crippen LogP contribution < -0.4 is 5.32 Å². The fourth-order valence-electron chi connectivity index (χ4n) is 1.74. The van der Waals surface area contributed by atoms with Crippen LogP contribution in [0.4, 0.5) is 4.79 Å². The number of rotatable bonds is 2. The van der Waals surface area contributed by atoms with Crippen molar-refractivity contribution in [2.75, 3.05) is 27.2 Å². The highest BCUT2D eigenvalue weighted by Gasteiger charge is 2.34. The van der Waals surface area contributed by atoms with Crippen molar-refractivity contribution in [2.24, 2.45) is 0 Å². The molecule has 0 aromatic carbocycles. The minimum absolute atomic E-state index is 0.0394. The average molecular weight is 230 g/mol. The third-order valence-corrected chi connectivity index (χ3v) is 2.61. The summed E-state index contributed by atoms with van der Waals surface area (Å²) < 4.78 is 10.6. The molecule has 0 bridgehead atoms. The van der Waals surface area contributed by atoms with Crippen LogP contribution in [-0.4, -0.2) is 56.0 Å². The van der Waals surface area contributed by atoms with Crippen LogP contribution in [0.15, 0.2) is 0 Å². The molecule has 1 fully saturated rings. The third kappa shape index (κ3) is 3.35. The molecule has 0 aromatic heterocycles. The minimum Gasteiger partial charge on any atom is -0.444 e. The van der Waals surface area contributed by atoms with Crippen molar-refractivity contribution in [1.29, 1.82) is 0 Å². The Labute approximate surface area is 97.1 Å². The van der Waals surface area contributed by atoms with Gasteiger partial charge in [-0.15, -0.1) is 0 Å². The third-order valence-electron chi connectivity index (χ3n) is 2.61. The Kier molecular flexibility index (Phi) is 4.15. The van der Waals surface area contributed by atoms with Crippen LogP contribution in [0, 0.1) is 0 Å². The van der Waals surface area contributed by atoms with Gasteiger partial charge in [-0.2, -0.15) is 0 Å². The summed E-state index contributed by atoms with van der Waals surface area (Å²) in [5.41, 5.74) is -0.458. The summed E-state index contributed by atoms with van der Waals surface area (Å²) in [5.74, 6) is 0. The Hall–Kier alpha value is -0.810. The molecule has 0 saturated carbocycles. The van der Waals surface area contributed by atoms with Crippen LogP contribution in [0.3, 0.4) is 0 Å². The number of methoxy groups -OCH3 is 1. The van der Waals surface area contributed by atoms with Crippen molar-refractivity contribution in [3.63, 3.8) is 0 Å². The van der Waals surface area contributed by atoms with Crippen LogP contribution in [0.1, 0.15) is 20.8 Å². The van der Waals surface area contributed by atoms with Crippen LogP contribution in [0.2, 0.25) is 0 Å². The standard InChI is InChI=1S/C11H22N2O3/c1-11(2,3)16-10(14)13(4)8-6-12-7-9(8)15-5/h8-9,12H,6-7H2,1-5H3/t8-,9-/m1/s1.